The maximum Gasteiger partial charge on any atom is 0.431 e. The van der Waals surface area contributed by atoms with Crippen LogP contribution in [0.25, 0.3) is 5.69 Å². The molecule has 18 heteroatoms. The summed E-state index contributed by atoms with van der Waals surface area (Å²) in [5.74, 6) is 0.653. The van der Waals surface area contributed by atoms with Crippen LogP contribution in [-0.2, 0) is 45.6 Å². The summed E-state index contributed by atoms with van der Waals surface area (Å²) in [5, 5.41) is 3.93. The van der Waals surface area contributed by atoms with E-state index in [2.05, 4.69) is 5.16 Å². The number of sulfone groups is 1. The van der Waals surface area contributed by atoms with E-state index in [0.29, 0.717) is 43.6 Å². The van der Waals surface area contributed by atoms with Crippen molar-refractivity contribution in [2.24, 2.45) is 7.05 Å². The predicted octanol–water partition coefficient (Wildman–Crippen LogP) is 6.48. The van der Waals surface area contributed by atoms with Gasteiger partial charge in [0.1, 0.15) is 23.8 Å². The average molecular weight is 832 g/mol. The number of methoxy groups -OCH3 is 1. The maximum atomic E-state index is 13.1. The topological polar surface area (TPSA) is 166 Å². The first-order valence-electron chi connectivity index (χ1n) is 17.3. The highest BCUT2D eigenvalue weighted by Gasteiger charge is 2.35. The Bertz CT molecular complexity index is 2530. The third-order valence-corrected chi connectivity index (χ3v) is 10.2. The van der Waals surface area contributed by atoms with Crippen molar-refractivity contribution in [2.45, 2.75) is 62.8 Å². The van der Waals surface area contributed by atoms with Gasteiger partial charge >= 0.3 is 17.8 Å². The third kappa shape index (κ3) is 10.0. The lowest BCUT2D eigenvalue weighted by molar-refractivity contribution is -0.148. The molecule has 0 saturated heterocycles. The Morgan fingerprint density at radius 3 is 2.30 bits per heavy atom. The van der Waals surface area contributed by atoms with Gasteiger partial charge in [-0.25, -0.2) is 22.6 Å². The molecule has 13 nitrogen and oxygen atoms in total. The van der Waals surface area contributed by atoms with Gasteiger partial charge < -0.3 is 18.7 Å². The summed E-state index contributed by atoms with van der Waals surface area (Å²) < 4.78 is 85.3. The molecule has 0 bridgehead atoms. The zero-order chi connectivity index (χ0) is 41.8. The van der Waals surface area contributed by atoms with Crippen molar-refractivity contribution in [1.82, 2.24) is 14.3 Å². The Balaban J connectivity index is 0.000000249. The molecule has 1 saturated carbocycles. The van der Waals surface area contributed by atoms with Gasteiger partial charge in [0.15, 0.2) is 27.5 Å². The number of aromatic nitrogens is 3. The molecule has 57 heavy (non-hydrogen) atoms. The van der Waals surface area contributed by atoms with Gasteiger partial charge in [-0.05, 0) is 80.3 Å². The number of esters is 1. The van der Waals surface area contributed by atoms with E-state index >= 15 is 0 Å². The van der Waals surface area contributed by atoms with Crippen LogP contribution in [0.1, 0.15) is 71.1 Å². The largest absolute Gasteiger partial charge is 0.489 e. The predicted molar refractivity (Wildman–Crippen MR) is 201 cm³/mol. The van der Waals surface area contributed by atoms with E-state index in [-0.39, 0.29) is 33.7 Å². The van der Waals surface area contributed by atoms with Gasteiger partial charge in [0.2, 0.25) is 0 Å². The summed E-state index contributed by atoms with van der Waals surface area (Å²) in [4.78, 5) is 49.0. The van der Waals surface area contributed by atoms with E-state index in [1.165, 1.54) is 55.8 Å². The summed E-state index contributed by atoms with van der Waals surface area (Å²) in [5.41, 5.74) is -1.39. The first-order chi connectivity index (χ1) is 26.8. The fourth-order valence-corrected chi connectivity index (χ4v) is 6.77. The summed E-state index contributed by atoms with van der Waals surface area (Å²) >= 11 is 5.84. The van der Waals surface area contributed by atoms with Crippen LogP contribution < -0.4 is 20.7 Å². The van der Waals surface area contributed by atoms with Crippen LogP contribution in [0.5, 0.6) is 11.5 Å². The first-order valence-corrected chi connectivity index (χ1v) is 19.6. The quantitative estimate of drug-likeness (QED) is 0.0999. The van der Waals surface area contributed by atoms with Crippen molar-refractivity contribution in [2.75, 3.05) is 13.4 Å². The number of nitrogens with zero attached hydrogens (tertiary/aromatic N) is 3. The van der Waals surface area contributed by atoms with Gasteiger partial charge in [0.25, 0.3) is 5.56 Å². The molecule has 3 aromatic carbocycles. The van der Waals surface area contributed by atoms with E-state index in [9.17, 15) is 40.8 Å². The van der Waals surface area contributed by atoms with Crippen LogP contribution in [0.15, 0.2) is 91.9 Å². The number of ketones is 1. The number of ether oxygens (including phenoxy) is 3. The lowest BCUT2D eigenvalue weighted by Crippen LogP contribution is -2.40. The number of rotatable bonds is 12. The molecular weight excluding hydrogens is 795 g/mol. The highest BCUT2D eigenvalue weighted by Crippen LogP contribution is 2.42. The Kier molecular flexibility index (Phi) is 12.8. The zero-order valence-corrected chi connectivity index (χ0v) is 32.8. The monoisotopic (exact) mass is 831 g/mol. The second-order valence-corrected chi connectivity index (χ2v) is 15.4. The SMILES string of the molecule is CCc1ccc(COc2ccc(-n3c(=O)cc(C(F)(F)F)n(C)c3=O)cc2)c(OC(C)C(=O)OC)c1.CS(=O)(=O)c1cc(Cl)ccc1C(=O)c1cnoc1C1CC1. The zero-order valence-electron chi connectivity index (χ0n) is 31.3. The second-order valence-electron chi connectivity index (χ2n) is 13.0. The molecule has 0 spiro atoms. The molecule has 1 aliphatic rings. The van der Waals surface area contributed by atoms with Gasteiger partial charge in [0.05, 0.1) is 29.5 Å². The number of carbonyl (C=O) groups excluding carboxylic acids is 2. The van der Waals surface area contributed by atoms with Crippen molar-refractivity contribution in [3.05, 3.63) is 132 Å². The summed E-state index contributed by atoms with van der Waals surface area (Å²) in [7, 11) is -1.35. The summed E-state index contributed by atoms with van der Waals surface area (Å²) in [6.45, 7) is 3.63. The Labute approximate surface area is 329 Å². The Morgan fingerprint density at radius 2 is 1.70 bits per heavy atom. The number of hydrogen-bond donors (Lipinski definition) is 0. The molecule has 5 aromatic rings. The van der Waals surface area contributed by atoms with E-state index in [4.69, 9.17) is 30.3 Å². The number of alkyl halides is 3. The third-order valence-electron chi connectivity index (χ3n) is 8.86. The summed E-state index contributed by atoms with van der Waals surface area (Å²) in [6.07, 6.45) is -0.610. The molecule has 302 valence electrons. The van der Waals surface area contributed by atoms with Crippen LogP contribution >= 0.6 is 11.6 Å². The highest BCUT2D eigenvalue weighted by atomic mass is 35.5. The number of halogens is 4. The van der Waals surface area contributed by atoms with Gasteiger partial charge in [-0.1, -0.05) is 35.8 Å². The van der Waals surface area contributed by atoms with Gasteiger partial charge in [-0.2, -0.15) is 13.2 Å². The molecule has 0 amide bonds. The minimum absolute atomic E-state index is 0.0779. The number of benzene rings is 3. The number of aryl methyl sites for hydroxylation is 1. The molecule has 1 unspecified atom stereocenters. The average Bonchev–Trinajstić information content (AvgIpc) is 3.90. The molecule has 2 heterocycles. The number of hydrogen-bond acceptors (Lipinski definition) is 11. The van der Waals surface area contributed by atoms with Crippen molar-refractivity contribution < 1.29 is 49.9 Å². The van der Waals surface area contributed by atoms with Crippen molar-refractivity contribution >= 4 is 33.2 Å². The Morgan fingerprint density at radius 1 is 1.02 bits per heavy atom. The standard InChI is InChI=1S/C25H25F3N2O6.C14H12ClNO4S/c1-5-16-6-7-17(20(12-16)36-15(2)23(32)34-4)14-35-19-10-8-18(9-11-19)30-22(31)13-21(25(26,27)28)29(3)24(30)33;1-21(18,19)12-6-9(15)4-5-10(12)13(17)11-7-16-20-14(11)8-2-3-8/h6-13,15H,5,14H2,1-4H3;4-8H,2-3H2,1H3. The first kappa shape index (κ1) is 42.5. The molecule has 6 rings (SSSR count). The van der Waals surface area contributed by atoms with Crippen molar-refractivity contribution in [3.8, 4) is 17.2 Å². The molecule has 1 atom stereocenters. The van der Waals surface area contributed by atoms with Crippen LogP contribution in [0.2, 0.25) is 5.02 Å². The van der Waals surface area contributed by atoms with E-state index in [0.717, 1.165) is 38.1 Å². The molecular formula is C39H37ClF3N3O10S. The molecule has 0 aliphatic heterocycles. The number of carbonyl (C=O) groups is 2. The summed E-state index contributed by atoms with van der Waals surface area (Å²) in [6, 6.07) is 15.9. The minimum atomic E-state index is -4.84. The normalized spacial score (nSPS) is 13.3. The lowest BCUT2D eigenvalue weighted by Gasteiger charge is -2.17. The molecule has 2 aromatic heterocycles. The molecule has 0 radical (unpaired) electrons. The fourth-order valence-electron chi connectivity index (χ4n) is 5.63. The minimum Gasteiger partial charge on any atom is -0.489 e. The van der Waals surface area contributed by atoms with Crippen LogP contribution in [0, 0.1) is 0 Å². The van der Waals surface area contributed by atoms with E-state index in [1.54, 1.807) is 6.92 Å². The molecule has 1 fully saturated rings. The van der Waals surface area contributed by atoms with Crippen LogP contribution in [0.3, 0.4) is 0 Å². The van der Waals surface area contributed by atoms with Crippen molar-refractivity contribution in [3.63, 3.8) is 0 Å². The van der Waals surface area contributed by atoms with Crippen LogP contribution in [0.4, 0.5) is 13.2 Å². The highest BCUT2D eigenvalue weighted by molar-refractivity contribution is 7.90. The Hall–Kier alpha value is -5.68. The second kappa shape index (κ2) is 17.2. The van der Waals surface area contributed by atoms with Crippen molar-refractivity contribution in [1.29, 1.82) is 0 Å². The van der Waals surface area contributed by atoms with E-state index in [1.807, 2.05) is 25.1 Å². The van der Waals surface area contributed by atoms with Crippen LogP contribution in [-0.4, -0.2) is 53.9 Å². The van der Waals surface area contributed by atoms with Gasteiger partial charge in [-0.15, -0.1) is 0 Å². The van der Waals surface area contributed by atoms with E-state index < -0.39 is 50.8 Å². The van der Waals surface area contributed by atoms with Gasteiger partial charge in [-0.3, -0.25) is 14.2 Å². The smallest absolute Gasteiger partial charge is 0.431 e. The fraction of sp³-hybridized carbons (Fsp3) is 0.308. The maximum absolute atomic E-state index is 13.1. The lowest BCUT2D eigenvalue weighted by atomic mass is 10.0. The molecule has 1 aliphatic carbocycles. The molecule has 0 N–H and O–H groups in total. The van der Waals surface area contributed by atoms with Gasteiger partial charge in [0, 0.05) is 41.4 Å².